The van der Waals surface area contributed by atoms with Gasteiger partial charge in [-0.15, -0.1) is 0 Å². The summed E-state index contributed by atoms with van der Waals surface area (Å²) < 4.78 is 4.84. The quantitative estimate of drug-likeness (QED) is 0.568. The number of benzene rings is 1. The van der Waals surface area contributed by atoms with Crippen LogP contribution in [-0.2, 0) is 0 Å². The van der Waals surface area contributed by atoms with Gasteiger partial charge in [-0.1, -0.05) is 17.7 Å². The molecule has 0 saturated heterocycles. The van der Waals surface area contributed by atoms with E-state index in [0.717, 1.165) is 0 Å². The Morgan fingerprint density at radius 3 is 2.93 bits per heavy atom. The van der Waals surface area contributed by atoms with Crippen LogP contribution in [0.3, 0.4) is 0 Å². The van der Waals surface area contributed by atoms with Crippen LogP contribution in [-0.4, -0.2) is 11.5 Å². The van der Waals surface area contributed by atoms with Crippen LogP contribution in [0.5, 0.6) is 5.75 Å². The molecule has 6 heteroatoms. The summed E-state index contributed by atoms with van der Waals surface area (Å²) in [6.07, 6.45) is 0. The average Bonchev–Trinajstić information content (AvgIpc) is 2.15. The van der Waals surface area contributed by atoms with Crippen molar-refractivity contribution in [1.82, 2.24) is 0 Å². The third-order valence-electron chi connectivity index (χ3n) is 1.42. The summed E-state index contributed by atoms with van der Waals surface area (Å²) in [5.74, 6) is -0.0688. The highest BCUT2D eigenvalue weighted by Crippen LogP contribution is 2.34. The lowest BCUT2D eigenvalue weighted by Crippen LogP contribution is -1.98. The molecule has 0 aliphatic heterocycles. The van der Waals surface area contributed by atoms with E-state index >= 15 is 0 Å². The van der Waals surface area contributed by atoms with Crippen LogP contribution < -0.4 is 4.74 Å². The number of rotatable bonds is 3. The van der Waals surface area contributed by atoms with Crippen LogP contribution in [0.15, 0.2) is 18.2 Å². The minimum absolute atomic E-state index is 0.0688. The first kappa shape index (κ1) is 10.3. The van der Waals surface area contributed by atoms with Gasteiger partial charge >= 0.3 is 5.69 Å². The number of para-hydroxylation sites is 1. The number of nitro benzene ring substituents is 1. The normalized spacial score (nSPS) is 9.14. The highest BCUT2D eigenvalue weighted by atomic mass is 35.5. The van der Waals surface area contributed by atoms with Crippen molar-refractivity contribution in [2.24, 2.45) is 0 Å². The smallest absolute Gasteiger partial charge is 0.312 e. The average molecular weight is 213 g/mol. The third kappa shape index (κ3) is 2.12. The van der Waals surface area contributed by atoms with Gasteiger partial charge in [-0.25, -0.2) is 0 Å². The monoisotopic (exact) mass is 212 g/mol. The lowest BCUT2D eigenvalue weighted by atomic mass is 10.3. The van der Waals surface area contributed by atoms with Crippen LogP contribution in [0.2, 0.25) is 5.02 Å². The Labute approximate surface area is 84.6 Å². The largest absolute Gasteiger partial charge is 0.470 e. The number of nitriles is 1. The highest BCUT2D eigenvalue weighted by Gasteiger charge is 2.17. The number of ether oxygens (including phenoxy) is 1. The topological polar surface area (TPSA) is 76.2 Å². The van der Waals surface area contributed by atoms with Crippen molar-refractivity contribution in [3.63, 3.8) is 0 Å². The van der Waals surface area contributed by atoms with Gasteiger partial charge in [0.05, 0.1) is 9.95 Å². The van der Waals surface area contributed by atoms with E-state index in [1.54, 1.807) is 6.07 Å². The molecule has 0 amide bonds. The molecule has 0 fully saturated rings. The number of halogens is 1. The van der Waals surface area contributed by atoms with Gasteiger partial charge < -0.3 is 4.74 Å². The van der Waals surface area contributed by atoms with E-state index in [-0.39, 0.29) is 23.1 Å². The summed E-state index contributed by atoms with van der Waals surface area (Å²) in [6.45, 7) is -0.273. The SMILES string of the molecule is N#CCOc1c(Cl)cccc1[N+](=O)[O-]. The van der Waals surface area contributed by atoms with Crippen molar-refractivity contribution in [3.05, 3.63) is 33.3 Å². The maximum atomic E-state index is 10.5. The summed E-state index contributed by atoms with van der Waals surface area (Å²) in [7, 11) is 0. The van der Waals surface area contributed by atoms with Crippen LogP contribution in [0.4, 0.5) is 5.69 Å². The number of hydrogen-bond acceptors (Lipinski definition) is 4. The first-order valence-electron chi connectivity index (χ1n) is 3.59. The summed E-state index contributed by atoms with van der Waals surface area (Å²) in [5.41, 5.74) is -0.243. The van der Waals surface area contributed by atoms with Crippen molar-refractivity contribution >= 4 is 17.3 Å². The van der Waals surface area contributed by atoms with E-state index in [2.05, 4.69) is 0 Å². The molecule has 0 atom stereocenters. The zero-order valence-corrected chi connectivity index (χ0v) is 7.69. The van der Waals surface area contributed by atoms with E-state index in [0.29, 0.717) is 0 Å². The summed E-state index contributed by atoms with van der Waals surface area (Å²) in [4.78, 5) is 9.91. The van der Waals surface area contributed by atoms with Crippen molar-refractivity contribution in [1.29, 1.82) is 5.26 Å². The zero-order chi connectivity index (χ0) is 10.6. The van der Waals surface area contributed by atoms with E-state index in [1.807, 2.05) is 0 Å². The first-order chi connectivity index (χ1) is 6.66. The van der Waals surface area contributed by atoms with E-state index in [1.165, 1.54) is 18.2 Å². The number of nitrogens with zero attached hydrogens (tertiary/aromatic N) is 2. The van der Waals surface area contributed by atoms with Crippen molar-refractivity contribution in [2.45, 2.75) is 0 Å². The first-order valence-corrected chi connectivity index (χ1v) is 3.97. The van der Waals surface area contributed by atoms with Crippen LogP contribution >= 0.6 is 11.6 Å². The van der Waals surface area contributed by atoms with E-state index in [4.69, 9.17) is 21.6 Å². The van der Waals surface area contributed by atoms with Crippen LogP contribution in [0.1, 0.15) is 0 Å². The van der Waals surface area contributed by atoms with Crippen LogP contribution in [0.25, 0.3) is 0 Å². The molecule has 0 heterocycles. The van der Waals surface area contributed by atoms with Gasteiger partial charge in [0.15, 0.2) is 6.61 Å². The lowest BCUT2D eigenvalue weighted by molar-refractivity contribution is -0.385. The van der Waals surface area contributed by atoms with Crippen molar-refractivity contribution < 1.29 is 9.66 Å². The Morgan fingerprint density at radius 1 is 1.64 bits per heavy atom. The molecule has 5 nitrogen and oxygen atoms in total. The summed E-state index contributed by atoms with van der Waals surface area (Å²) >= 11 is 5.67. The van der Waals surface area contributed by atoms with Crippen molar-refractivity contribution in [3.8, 4) is 11.8 Å². The van der Waals surface area contributed by atoms with Gasteiger partial charge in [0, 0.05) is 6.07 Å². The van der Waals surface area contributed by atoms with Crippen LogP contribution in [0, 0.1) is 21.4 Å². The second kappa shape index (κ2) is 4.44. The Kier molecular flexibility index (Phi) is 3.26. The van der Waals surface area contributed by atoms with Gasteiger partial charge in [-0.05, 0) is 6.07 Å². The number of hydrogen-bond donors (Lipinski definition) is 0. The fourth-order valence-electron chi connectivity index (χ4n) is 0.889. The summed E-state index contributed by atoms with van der Waals surface area (Å²) in [5, 5.41) is 18.9. The van der Waals surface area contributed by atoms with E-state index < -0.39 is 4.92 Å². The molecule has 0 aliphatic rings. The molecular weight excluding hydrogens is 208 g/mol. The Morgan fingerprint density at radius 2 is 2.36 bits per heavy atom. The highest BCUT2D eigenvalue weighted by molar-refractivity contribution is 6.32. The Hall–Kier alpha value is -1.80. The van der Waals surface area contributed by atoms with Gasteiger partial charge in [0.25, 0.3) is 0 Å². The number of nitro groups is 1. The minimum atomic E-state index is -0.613. The molecule has 14 heavy (non-hydrogen) atoms. The second-order valence-corrected chi connectivity index (χ2v) is 2.70. The van der Waals surface area contributed by atoms with Gasteiger partial charge in [0.2, 0.25) is 5.75 Å². The standard InChI is InChI=1S/C8H5ClN2O3/c9-6-2-1-3-7(11(12)13)8(6)14-5-4-10/h1-3H,5H2. The van der Waals surface area contributed by atoms with Gasteiger partial charge in [0.1, 0.15) is 6.07 Å². The van der Waals surface area contributed by atoms with Gasteiger partial charge in [-0.2, -0.15) is 5.26 Å². The molecule has 0 N–H and O–H groups in total. The molecular formula is C8H5ClN2O3. The van der Waals surface area contributed by atoms with Gasteiger partial charge in [-0.3, -0.25) is 10.1 Å². The maximum Gasteiger partial charge on any atom is 0.312 e. The molecule has 0 radical (unpaired) electrons. The third-order valence-corrected chi connectivity index (χ3v) is 1.72. The summed E-state index contributed by atoms with van der Waals surface area (Å²) in [6, 6.07) is 5.87. The van der Waals surface area contributed by atoms with Crippen molar-refractivity contribution in [2.75, 3.05) is 6.61 Å². The molecule has 1 rings (SSSR count). The molecule has 0 spiro atoms. The second-order valence-electron chi connectivity index (χ2n) is 2.29. The zero-order valence-electron chi connectivity index (χ0n) is 6.94. The fourth-order valence-corrected chi connectivity index (χ4v) is 1.11. The maximum absolute atomic E-state index is 10.5. The molecule has 1 aromatic rings. The predicted octanol–water partition coefficient (Wildman–Crippen LogP) is 2.15. The molecule has 0 aliphatic carbocycles. The fraction of sp³-hybridized carbons (Fsp3) is 0.125. The molecule has 0 unspecified atom stereocenters. The Bertz CT molecular complexity index is 400. The predicted molar refractivity (Wildman–Crippen MR) is 49.2 cm³/mol. The Balaban J connectivity index is 3.10. The van der Waals surface area contributed by atoms with E-state index in [9.17, 15) is 10.1 Å². The molecule has 0 bridgehead atoms. The molecule has 1 aromatic carbocycles. The minimum Gasteiger partial charge on any atom is -0.470 e. The molecule has 0 aromatic heterocycles. The lowest BCUT2D eigenvalue weighted by Gasteiger charge is -2.03. The molecule has 0 saturated carbocycles. The molecule has 72 valence electrons.